The minimum atomic E-state index is 0.112. The Balaban J connectivity index is 1.78. The summed E-state index contributed by atoms with van der Waals surface area (Å²) in [4.78, 5) is 4.25. The molecule has 1 N–H and O–H groups in total. The summed E-state index contributed by atoms with van der Waals surface area (Å²) in [6.07, 6.45) is 8.41. The first kappa shape index (κ1) is 14.5. The SMILES string of the molecule is CCC1(CC)CC(NCCn2ccnc2C)CCO1. The standard InChI is InChI=1S/C15H27N3O/c1-4-15(5-2)12-14(6-11-19-15)17-8-10-18-9-7-16-13(18)3/h7,9,14,17H,4-6,8,10-12H2,1-3H3. The fourth-order valence-corrected chi connectivity index (χ4v) is 2.97. The lowest BCUT2D eigenvalue weighted by atomic mass is 9.86. The number of imidazole rings is 1. The maximum Gasteiger partial charge on any atom is 0.105 e. The summed E-state index contributed by atoms with van der Waals surface area (Å²) in [6, 6.07) is 0.595. The quantitative estimate of drug-likeness (QED) is 0.859. The summed E-state index contributed by atoms with van der Waals surface area (Å²) < 4.78 is 8.20. The molecule has 1 aliphatic rings. The third-order valence-electron chi connectivity index (χ3n) is 4.49. The second kappa shape index (κ2) is 6.53. The average molecular weight is 265 g/mol. The number of aryl methyl sites for hydroxylation is 1. The zero-order valence-electron chi connectivity index (χ0n) is 12.5. The van der Waals surface area contributed by atoms with E-state index in [1.165, 1.54) is 0 Å². The Bertz CT molecular complexity index is 384. The van der Waals surface area contributed by atoms with Crippen LogP contribution in [0.1, 0.15) is 45.4 Å². The Hall–Kier alpha value is -0.870. The van der Waals surface area contributed by atoms with Gasteiger partial charge in [-0.2, -0.15) is 0 Å². The Morgan fingerprint density at radius 1 is 1.47 bits per heavy atom. The van der Waals surface area contributed by atoms with Crippen LogP contribution in [0.15, 0.2) is 12.4 Å². The van der Waals surface area contributed by atoms with Crippen molar-refractivity contribution in [2.24, 2.45) is 0 Å². The smallest absolute Gasteiger partial charge is 0.105 e. The molecule has 0 aliphatic carbocycles. The molecule has 4 heteroatoms. The van der Waals surface area contributed by atoms with Gasteiger partial charge in [0.2, 0.25) is 0 Å². The molecule has 0 radical (unpaired) electrons. The molecule has 0 amide bonds. The van der Waals surface area contributed by atoms with E-state index in [2.05, 4.69) is 28.7 Å². The summed E-state index contributed by atoms with van der Waals surface area (Å²) in [5.74, 6) is 1.09. The lowest BCUT2D eigenvalue weighted by Gasteiger charge is -2.40. The summed E-state index contributed by atoms with van der Waals surface area (Å²) in [6.45, 7) is 9.42. The van der Waals surface area contributed by atoms with Gasteiger partial charge in [0, 0.05) is 38.1 Å². The molecule has 1 saturated heterocycles. The van der Waals surface area contributed by atoms with E-state index in [1.807, 2.05) is 19.3 Å². The van der Waals surface area contributed by atoms with Crippen LogP contribution < -0.4 is 5.32 Å². The van der Waals surface area contributed by atoms with E-state index in [-0.39, 0.29) is 5.60 Å². The van der Waals surface area contributed by atoms with E-state index in [0.29, 0.717) is 6.04 Å². The number of nitrogens with one attached hydrogen (secondary N) is 1. The van der Waals surface area contributed by atoms with Crippen molar-refractivity contribution >= 4 is 0 Å². The van der Waals surface area contributed by atoms with E-state index < -0.39 is 0 Å². The van der Waals surface area contributed by atoms with Crippen LogP contribution in [0.4, 0.5) is 0 Å². The molecule has 2 heterocycles. The van der Waals surface area contributed by atoms with Gasteiger partial charge in [-0.25, -0.2) is 4.98 Å². The third-order valence-corrected chi connectivity index (χ3v) is 4.49. The van der Waals surface area contributed by atoms with Gasteiger partial charge < -0.3 is 14.6 Å². The fourth-order valence-electron chi connectivity index (χ4n) is 2.97. The number of hydrogen-bond acceptors (Lipinski definition) is 3. The first-order valence-electron chi connectivity index (χ1n) is 7.54. The molecule has 2 rings (SSSR count). The van der Waals surface area contributed by atoms with Crippen molar-refractivity contribution in [2.45, 2.75) is 64.6 Å². The molecule has 1 atom stereocenters. The van der Waals surface area contributed by atoms with Crippen LogP contribution in [0, 0.1) is 6.92 Å². The van der Waals surface area contributed by atoms with Gasteiger partial charge in [-0.15, -0.1) is 0 Å². The number of ether oxygens (including phenoxy) is 1. The molecule has 1 aromatic rings. The molecule has 1 aliphatic heterocycles. The predicted molar refractivity (Wildman–Crippen MR) is 77.3 cm³/mol. The van der Waals surface area contributed by atoms with Crippen LogP contribution in [-0.2, 0) is 11.3 Å². The first-order chi connectivity index (χ1) is 9.19. The number of hydrogen-bond donors (Lipinski definition) is 1. The van der Waals surface area contributed by atoms with Gasteiger partial charge in [-0.1, -0.05) is 13.8 Å². The van der Waals surface area contributed by atoms with Crippen molar-refractivity contribution in [2.75, 3.05) is 13.2 Å². The van der Waals surface area contributed by atoms with Crippen LogP contribution in [-0.4, -0.2) is 34.3 Å². The van der Waals surface area contributed by atoms with Gasteiger partial charge in [0.15, 0.2) is 0 Å². The zero-order valence-corrected chi connectivity index (χ0v) is 12.5. The van der Waals surface area contributed by atoms with Gasteiger partial charge in [0.25, 0.3) is 0 Å². The van der Waals surface area contributed by atoms with Crippen LogP contribution in [0.5, 0.6) is 0 Å². The minimum Gasteiger partial charge on any atom is -0.375 e. The zero-order chi connectivity index (χ0) is 13.7. The van der Waals surface area contributed by atoms with Gasteiger partial charge in [0.1, 0.15) is 5.82 Å². The topological polar surface area (TPSA) is 39.1 Å². The molecule has 0 spiro atoms. The van der Waals surface area contributed by atoms with E-state index >= 15 is 0 Å². The van der Waals surface area contributed by atoms with Gasteiger partial charge in [-0.3, -0.25) is 0 Å². The van der Waals surface area contributed by atoms with Gasteiger partial charge >= 0.3 is 0 Å². The van der Waals surface area contributed by atoms with Crippen LogP contribution in [0.2, 0.25) is 0 Å². The Morgan fingerprint density at radius 3 is 2.89 bits per heavy atom. The van der Waals surface area contributed by atoms with Crippen molar-refractivity contribution in [1.82, 2.24) is 14.9 Å². The number of nitrogens with zero attached hydrogens (tertiary/aromatic N) is 2. The van der Waals surface area contributed by atoms with Crippen molar-refractivity contribution in [3.05, 3.63) is 18.2 Å². The fraction of sp³-hybridized carbons (Fsp3) is 0.800. The highest BCUT2D eigenvalue weighted by Gasteiger charge is 2.34. The second-order valence-corrected chi connectivity index (χ2v) is 5.55. The van der Waals surface area contributed by atoms with E-state index in [9.17, 15) is 0 Å². The highest BCUT2D eigenvalue weighted by atomic mass is 16.5. The molecule has 108 valence electrons. The highest BCUT2D eigenvalue weighted by molar-refractivity contribution is 4.90. The van der Waals surface area contributed by atoms with Gasteiger partial charge in [0.05, 0.1) is 5.60 Å². The van der Waals surface area contributed by atoms with Crippen molar-refractivity contribution < 1.29 is 4.74 Å². The monoisotopic (exact) mass is 265 g/mol. The van der Waals surface area contributed by atoms with Crippen molar-refractivity contribution in [3.8, 4) is 0 Å². The molecule has 4 nitrogen and oxygen atoms in total. The minimum absolute atomic E-state index is 0.112. The molecule has 0 saturated carbocycles. The molecule has 1 fully saturated rings. The second-order valence-electron chi connectivity index (χ2n) is 5.55. The maximum atomic E-state index is 6.01. The number of rotatable bonds is 6. The molecule has 19 heavy (non-hydrogen) atoms. The van der Waals surface area contributed by atoms with E-state index in [4.69, 9.17) is 4.74 Å². The summed E-state index contributed by atoms with van der Waals surface area (Å²) in [7, 11) is 0. The van der Waals surface area contributed by atoms with Crippen LogP contribution in [0.25, 0.3) is 0 Å². The summed E-state index contributed by atoms with van der Waals surface area (Å²) >= 11 is 0. The lowest BCUT2D eigenvalue weighted by Crippen LogP contribution is -2.47. The maximum absolute atomic E-state index is 6.01. The molecule has 0 bridgehead atoms. The van der Waals surface area contributed by atoms with E-state index in [1.54, 1.807) is 0 Å². The Labute approximate surface area is 116 Å². The van der Waals surface area contributed by atoms with E-state index in [0.717, 1.165) is 51.2 Å². The van der Waals surface area contributed by atoms with Crippen LogP contribution >= 0.6 is 0 Å². The average Bonchev–Trinajstić information content (AvgIpc) is 2.85. The first-order valence-corrected chi connectivity index (χ1v) is 7.54. The Morgan fingerprint density at radius 2 is 2.26 bits per heavy atom. The molecule has 1 aromatic heterocycles. The lowest BCUT2D eigenvalue weighted by molar-refractivity contribution is -0.0930. The van der Waals surface area contributed by atoms with Crippen molar-refractivity contribution in [1.29, 1.82) is 0 Å². The number of aromatic nitrogens is 2. The molecule has 1 unspecified atom stereocenters. The summed E-state index contributed by atoms with van der Waals surface area (Å²) in [5, 5.41) is 3.68. The molecular weight excluding hydrogens is 238 g/mol. The van der Waals surface area contributed by atoms with Crippen molar-refractivity contribution in [3.63, 3.8) is 0 Å². The van der Waals surface area contributed by atoms with Gasteiger partial charge in [-0.05, 0) is 32.6 Å². The predicted octanol–water partition coefficient (Wildman–Crippen LogP) is 2.52. The highest BCUT2D eigenvalue weighted by Crippen LogP contribution is 2.31. The van der Waals surface area contributed by atoms with Crippen LogP contribution in [0.3, 0.4) is 0 Å². The normalized spacial score (nSPS) is 22.6. The molecular formula is C15H27N3O. The largest absolute Gasteiger partial charge is 0.375 e. The Kier molecular flexibility index (Phi) is 4.99. The molecule has 0 aromatic carbocycles. The third kappa shape index (κ3) is 3.57. The summed E-state index contributed by atoms with van der Waals surface area (Å²) in [5.41, 5.74) is 0.112.